The number of hydrogen-bond donors (Lipinski definition) is 1. The lowest BCUT2D eigenvalue weighted by molar-refractivity contribution is -0.118. The Hall–Kier alpha value is -2.18. The number of anilines is 1. The lowest BCUT2D eigenvalue weighted by Gasteiger charge is -2.32. The van der Waals surface area contributed by atoms with Gasteiger partial charge < -0.3 is 10.1 Å². The van der Waals surface area contributed by atoms with Crippen LogP contribution in [-0.4, -0.2) is 42.5 Å². The molecule has 0 radical (unpaired) electrons. The van der Waals surface area contributed by atoms with Crippen LogP contribution in [0.3, 0.4) is 0 Å². The maximum atomic E-state index is 12.7. The van der Waals surface area contributed by atoms with Gasteiger partial charge in [-0.15, -0.1) is 11.3 Å². The number of carbonyl (C=O) groups is 2. The van der Waals surface area contributed by atoms with E-state index in [2.05, 4.69) is 17.1 Å². The van der Waals surface area contributed by atoms with Gasteiger partial charge in [0, 0.05) is 10.9 Å². The molecule has 1 aliphatic rings. The van der Waals surface area contributed by atoms with Crippen molar-refractivity contribution in [2.75, 3.05) is 25.0 Å². The highest BCUT2D eigenvalue weighted by Gasteiger charge is 2.26. The molecular weight excluding hydrogens is 372 g/mol. The predicted octanol–water partition coefficient (Wildman–Crippen LogP) is 4.71. The summed E-state index contributed by atoms with van der Waals surface area (Å²) in [7, 11) is 0. The molecule has 1 amide bonds. The van der Waals surface area contributed by atoms with E-state index in [-0.39, 0.29) is 11.9 Å². The van der Waals surface area contributed by atoms with E-state index < -0.39 is 0 Å². The van der Waals surface area contributed by atoms with Gasteiger partial charge in [-0.05, 0) is 51.3 Å². The van der Waals surface area contributed by atoms with Gasteiger partial charge in [0.25, 0.3) is 0 Å². The molecular formula is C22H28N2O3S. The molecule has 1 N–H and O–H groups in total. The number of esters is 1. The molecule has 0 spiro atoms. The summed E-state index contributed by atoms with van der Waals surface area (Å²) < 4.78 is 5.25. The molecule has 2 heterocycles. The van der Waals surface area contributed by atoms with Crippen LogP contribution in [0.5, 0.6) is 0 Å². The first-order chi connectivity index (χ1) is 13.5. The lowest BCUT2D eigenvalue weighted by atomic mass is 10.0. The van der Waals surface area contributed by atoms with Gasteiger partial charge in [0.05, 0.1) is 18.7 Å². The summed E-state index contributed by atoms with van der Waals surface area (Å²) in [5.41, 5.74) is 2.34. The summed E-state index contributed by atoms with van der Waals surface area (Å²) in [6.45, 7) is 7.45. The first-order valence-electron chi connectivity index (χ1n) is 9.91. The van der Waals surface area contributed by atoms with Gasteiger partial charge >= 0.3 is 5.97 Å². The fourth-order valence-corrected chi connectivity index (χ4v) is 4.88. The third-order valence-corrected chi connectivity index (χ3v) is 6.46. The Balaban J connectivity index is 1.86. The van der Waals surface area contributed by atoms with E-state index in [4.69, 9.17) is 4.74 Å². The number of benzene rings is 1. The number of thiophene rings is 1. The maximum Gasteiger partial charge on any atom is 0.341 e. The molecule has 3 rings (SSSR count). The van der Waals surface area contributed by atoms with Crippen LogP contribution in [0, 0.1) is 6.92 Å². The molecule has 0 bridgehead atoms. The van der Waals surface area contributed by atoms with E-state index >= 15 is 0 Å². The Morgan fingerprint density at radius 2 is 2.00 bits per heavy atom. The highest BCUT2D eigenvalue weighted by molar-refractivity contribution is 7.20. The van der Waals surface area contributed by atoms with Crippen LogP contribution in [0.4, 0.5) is 5.00 Å². The van der Waals surface area contributed by atoms with Crippen LogP contribution in [0.1, 0.15) is 49.0 Å². The predicted molar refractivity (Wildman–Crippen MR) is 114 cm³/mol. The fraction of sp³-hybridized carbons (Fsp3) is 0.455. The lowest BCUT2D eigenvalue weighted by Crippen LogP contribution is -2.42. The summed E-state index contributed by atoms with van der Waals surface area (Å²) in [5.74, 6) is -0.472. The Labute approximate surface area is 170 Å². The molecule has 0 saturated carbocycles. The van der Waals surface area contributed by atoms with E-state index in [9.17, 15) is 9.59 Å². The van der Waals surface area contributed by atoms with Crippen LogP contribution in [-0.2, 0) is 9.53 Å². The van der Waals surface area contributed by atoms with Crippen LogP contribution in [0.15, 0.2) is 30.3 Å². The minimum atomic E-state index is -0.389. The second kappa shape index (κ2) is 9.34. The minimum absolute atomic E-state index is 0.0832. The molecule has 2 aromatic rings. The monoisotopic (exact) mass is 400 g/mol. The summed E-state index contributed by atoms with van der Waals surface area (Å²) in [6, 6.07) is 10.3. The van der Waals surface area contributed by atoms with Gasteiger partial charge in [-0.25, -0.2) is 4.79 Å². The quantitative estimate of drug-likeness (QED) is 0.713. The number of amides is 1. The first-order valence-corrected chi connectivity index (χ1v) is 10.7. The van der Waals surface area contributed by atoms with E-state index in [0.29, 0.717) is 29.8 Å². The molecule has 28 heavy (non-hydrogen) atoms. The number of hydrogen-bond acceptors (Lipinski definition) is 5. The van der Waals surface area contributed by atoms with E-state index in [1.165, 1.54) is 17.8 Å². The van der Waals surface area contributed by atoms with Crippen molar-refractivity contribution in [3.63, 3.8) is 0 Å². The second-order valence-electron chi connectivity index (χ2n) is 7.21. The van der Waals surface area contributed by atoms with Crippen LogP contribution < -0.4 is 5.32 Å². The average molecular weight is 401 g/mol. The molecule has 5 nitrogen and oxygen atoms in total. The molecule has 150 valence electrons. The van der Waals surface area contributed by atoms with Crippen LogP contribution >= 0.6 is 11.3 Å². The maximum absolute atomic E-state index is 12.7. The van der Waals surface area contributed by atoms with Crippen molar-refractivity contribution in [2.24, 2.45) is 0 Å². The zero-order valence-corrected chi connectivity index (χ0v) is 17.6. The van der Waals surface area contributed by atoms with Gasteiger partial charge in [-0.3, -0.25) is 9.69 Å². The van der Waals surface area contributed by atoms with E-state index in [0.717, 1.165) is 35.4 Å². The Bertz CT molecular complexity index is 832. The fourth-order valence-electron chi connectivity index (χ4n) is 3.66. The molecule has 1 aromatic heterocycles. The van der Waals surface area contributed by atoms with Crippen molar-refractivity contribution < 1.29 is 14.3 Å². The molecule has 1 aliphatic heterocycles. The Kier molecular flexibility index (Phi) is 6.86. The van der Waals surface area contributed by atoms with Crippen molar-refractivity contribution in [2.45, 2.75) is 46.1 Å². The van der Waals surface area contributed by atoms with Crippen molar-refractivity contribution in [3.8, 4) is 10.4 Å². The Morgan fingerprint density at radius 3 is 2.68 bits per heavy atom. The summed E-state index contributed by atoms with van der Waals surface area (Å²) >= 11 is 1.43. The molecule has 0 aliphatic carbocycles. The highest BCUT2D eigenvalue weighted by Crippen LogP contribution is 2.40. The summed E-state index contributed by atoms with van der Waals surface area (Å²) in [5, 5.41) is 3.56. The zero-order valence-electron chi connectivity index (χ0n) is 16.8. The van der Waals surface area contributed by atoms with Crippen LogP contribution in [0.25, 0.3) is 10.4 Å². The number of ether oxygens (including phenoxy) is 1. The van der Waals surface area contributed by atoms with Gasteiger partial charge in [0.1, 0.15) is 5.00 Å². The van der Waals surface area contributed by atoms with Gasteiger partial charge in [0.2, 0.25) is 5.91 Å². The van der Waals surface area contributed by atoms with Crippen molar-refractivity contribution in [1.29, 1.82) is 0 Å². The van der Waals surface area contributed by atoms with Crippen molar-refractivity contribution in [1.82, 2.24) is 4.90 Å². The third kappa shape index (κ3) is 4.62. The molecule has 1 aromatic carbocycles. The first kappa shape index (κ1) is 20.6. The number of likely N-dealkylation sites (tertiary alicyclic amines) is 1. The number of nitrogens with zero attached hydrogens (tertiary/aromatic N) is 1. The molecule has 1 unspecified atom stereocenters. The topological polar surface area (TPSA) is 58.6 Å². The van der Waals surface area contributed by atoms with Crippen molar-refractivity contribution in [3.05, 3.63) is 41.5 Å². The molecule has 1 saturated heterocycles. The zero-order chi connectivity index (χ0) is 20.1. The number of carbonyl (C=O) groups excluding carboxylic acids is 2. The number of piperidine rings is 1. The smallest absolute Gasteiger partial charge is 0.341 e. The van der Waals surface area contributed by atoms with Crippen LogP contribution in [0.2, 0.25) is 0 Å². The summed E-state index contributed by atoms with van der Waals surface area (Å²) in [6.07, 6.45) is 3.47. The minimum Gasteiger partial charge on any atom is -0.462 e. The number of rotatable bonds is 6. The molecule has 6 heteroatoms. The molecule has 1 atom stereocenters. The third-order valence-electron chi connectivity index (χ3n) is 5.20. The van der Waals surface area contributed by atoms with Crippen molar-refractivity contribution >= 4 is 28.2 Å². The van der Waals surface area contributed by atoms with Gasteiger partial charge in [0.15, 0.2) is 0 Å². The van der Waals surface area contributed by atoms with Gasteiger partial charge in [-0.1, -0.05) is 36.8 Å². The largest absolute Gasteiger partial charge is 0.462 e. The average Bonchev–Trinajstić information content (AvgIpc) is 3.00. The Morgan fingerprint density at radius 1 is 1.25 bits per heavy atom. The van der Waals surface area contributed by atoms with E-state index in [1.807, 2.05) is 37.3 Å². The number of nitrogens with one attached hydrogen (secondary N) is 1. The highest BCUT2D eigenvalue weighted by atomic mass is 32.1. The van der Waals surface area contributed by atoms with Gasteiger partial charge in [-0.2, -0.15) is 0 Å². The second-order valence-corrected chi connectivity index (χ2v) is 8.23. The van der Waals surface area contributed by atoms with E-state index in [1.54, 1.807) is 6.92 Å². The SMILES string of the molecule is CCOC(=O)c1c(NC(=O)CN2CCCCC2C)sc(-c2ccccc2)c1C. The normalized spacial score (nSPS) is 17.3. The molecule has 1 fully saturated rings. The summed E-state index contributed by atoms with van der Waals surface area (Å²) in [4.78, 5) is 28.5. The standard InChI is InChI=1S/C22H28N2O3S/c1-4-27-22(26)19-16(3)20(17-11-6-5-7-12-17)28-21(19)23-18(25)14-24-13-9-8-10-15(24)2/h5-7,11-12,15H,4,8-10,13-14H2,1-3H3,(H,23,25).